The molecule has 1 aromatic carbocycles. The molecule has 1 unspecified atom stereocenters. The van der Waals surface area contributed by atoms with Gasteiger partial charge in [0.25, 0.3) is 5.91 Å². The molecule has 2 aromatic rings. The van der Waals surface area contributed by atoms with E-state index in [2.05, 4.69) is 0 Å². The van der Waals surface area contributed by atoms with Crippen molar-refractivity contribution < 1.29 is 9.69 Å². The fraction of sp³-hybridized carbons (Fsp3) is 0.294. The van der Waals surface area contributed by atoms with Crippen molar-refractivity contribution in [2.45, 2.75) is 27.1 Å². The molecule has 0 aliphatic rings. The molecule has 1 aromatic heterocycles. The van der Waals surface area contributed by atoms with Gasteiger partial charge in [-0.2, -0.15) is 0 Å². The predicted octanol–water partition coefficient (Wildman–Crippen LogP) is 2.91. The summed E-state index contributed by atoms with van der Waals surface area (Å²) in [4.78, 5) is 12.8. The predicted molar refractivity (Wildman–Crippen MR) is 100 cm³/mol. The van der Waals surface area contributed by atoms with Crippen LogP contribution in [0.4, 0.5) is 0 Å². The minimum absolute atomic E-state index is 0.415. The lowest BCUT2D eigenvalue weighted by Crippen LogP contribution is -3.07. The summed E-state index contributed by atoms with van der Waals surface area (Å²) in [6, 6.07) is 7.54. The van der Waals surface area contributed by atoms with Crippen molar-refractivity contribution in [3.05, 3.63) is 61.3 Å². The van der Waals surface area contributed by atoms with E-state index in [0.717, 1.165) is 23.4 Å². The molecule has 1 atom stereocenters. The fourth-order valence-corrected chi connectivity index (χ4v) is 3.54. The van der Waals surface area contributed by atoms with E-state index in [4.69, 9.17) is 41.2 Å². The second-order valence-corrected chi connectivity index (χ2v) is 7.18. The fourth-order valence-electron chi connectivity index (χ4n) is 2.75. The standard InChI is InChI=1S/C17H19Cl2N3OS/c1-10-6-11(2)22(17(24)15(10)16(20)23)9-21(3)8-12-4-5-13(18)14(19)7-12/h4-7H,8-9H2,1-3H3,(H2,20,23)/p+1. The summed E-state index contributed by atoms with van der Waals surface area (Å²) < 4.78 is 2.42. The third-order valence-electron chi connectivity index (χ3n) is 3.87. The van der Waals surface area contributed by atoms with Gasteiger partial charge in [-0.15, -0.1) is 0 Å². The molecule has 128 valence electrons. The molecule has 24 heavy (non-hydrogen) atoms. The quantitative estimate of drug-likeness (QED) is 0.778. The third-order valence-corrected chi connectivity index (χ3v) is 5.03. The summed E-state index contributed by atoms with van der Waals surface area (Å²) in [5, 5.41) is 1.09. The molecule has 0 spiro atoms. The molecular weight excluding hydrogens is 365 g/mol. The second-order valence-electron chi connectivity index (χ2n) is 5.98. The summed E-state index contributed by atoms with van der Waals surface area (Å²) >= 11 is 17.5. The number of carbonyl (C=O) groups is 1. The second kappa shape index (κ2) is 7.66. The molecule has 0 saturated heterocycles. The normalized spacial score (nSPS) is 12.2. The number of carbonyl (C=O) groups excluding carboxylic acids is 1. The summed E-state index contributed by atoms with van der Waals surface area (Å²) in [7, 11) is 2.05. The summed E-state index contributed by atoms with van der Waals surface area (Å²) in [6.45, 7) is 5.18. The van der Waals surface area contributed by atoms with Crippen LogP contribution in [0.2, 0.25) is 10.0 Å². The zero-order valence-electron chi connectivity index (χ0n) is 13.8. The van der Waals surface area contributed by atoms with Gasteiger partial charge in [-0.3, -0.25) is 9.36 Å². The van der Waals surface area contributed by atoms with Crippen molar-refractivity contribution in [3.63, 3.8) is 0 Å². The molecule has 0 fully saturated rings. The number of hydrogen-bond acceptors (Lipinski definition) is 2. The number of aromatic nitrogens is 1. The van der Waals surface area contributed by atoms with E-state index in [9.17, 15) is 4.79 Å². The van der Waals surface area contributed by atoms with Gasteiger partial charge < -0.3 is 10.6 Å². The van der Waals surface area contributed by atoms with Gasteiger partial charge in [-0.05, 0) is 37.6 Å². The van der Waals surface area contributed by atoms with Gasteiger partial charge in [0.05, 0.1) is 22.7 Å². The Morgan fingerprint density at radius 3 is 2.50 bits per heavy atom. The number of nitrogens with one attached hydrogen (secondary N) is 1. The molecule has 0 aliphatic heterocycles. The van der Waals surface area contributed by atoms with Crippen LogP contribution in [-0.4, -0.2) is 17.5 Å². The van der Waals surface area contributed by atoms with Crippen LogP contribution in [0.15, 0.2) is 24.3 Å². The Balaban J connectivity index is 2.27. The van der Waals surface area contributed by atoms with Crippen molar-refractivity contribution in [2.24, 2.45) is 5.73 Å². The average Bonchev–Trinajstić information content (AvgIpc) is 2.46. The first kappa shape index (κ1) is 18.9. The van der Waals surface area contributed by atoms with Gasteiger partial charge >= 0.3 is 0 Å². The average molecular weight is 385 g/mol. The van der Waals surface area contributed by atoms with Crippen LogP contribution in [0.3, 0.4) is 0 Å². The van der Waals surface area contributed by atoms with Gasteiger partial charge in [0.1, 0.15) is 11.2 Å². The Bertz CT molecular complexity index is 848. The molecule has 4 nitrogen and oxygen atoms in total. The SMILES string of the molecule is Cc1cc(C)n(C[NH+](C)Cc2ccc(Cl)c(Cl)c2)c(=S)c1C(N)=O. The Labute approximate surface area is 156 Å². The Kier molecular flexibility index (Phi) is 6.04. The Hall–Kier alpha value is -1.40. The number of quaternary nitrogens is 1. The minimum Gasteiger partial charge on any atom is -0.365 e. The Morgan fingerprint density at radius 1 is 1.25 bits per heavy atom. The van der Waals surface area contributed by atoms with E-state index in [1.54, 1.807) is 6.07 Å². The highest BCUT2D eigenvalue weighted by Gasteiger charge is 2.15. The van der Waals surface area contributed by atoms with E-state index < -0.39 is 5.91 Å². The first-order valence-electron chi connectivity index (χ1n) is 7.46. The lowest BCUT2D eigenvalue weighted by molar-refractivity contribution is -0.917. The highest BCUT2D eigenvalue weighted by Crippen LogP contribution is 2.22. The number of nitrogens with zero attached hydrogens (tertiary/aromatic N) is 1. The summed E-state index contributed by atoms with van der Waals surface area (Å²) in [5.74, 6) is -0.492. The first-order chi connectivity index (χ1) is 11.2. The molecule has 1 amide bonds. The van der Waals surface area contributed by atoms with E-state index in [1.807, 2.05) is 43.7 Å². The molecule has 2 rings (SSSR count). The van der Waals surface area contributed by atoms with Crippen LogP contribution in [0.5, 0.6) is 0 Å². The van der Waals surface area contributed by atoms with Gasteiger partial charge in [0, 0.05) is 11.3 Å². The molecule has 0 saturated carbocycles. The highest BCUT2D eigenvalue weighted by molar-refractivity contribution is 7.71. The molecule has 7 heteroatoms. The number of pyridine rings is 1. The zero-order valence-corrected chi connectivity index (χ0v) is 16.1. The van der Waals surface area contributed by atoms with E-state index in [-0.39, 0.29) is 0 Å². The van der Waals surface area contributed by atoms with Gasteiger partial charge in [0.15, 0.2) is 6.67 Å². The van der Waals surface area contributed by atoms with Gasteiger partial charge in [-0.1, -0.05) is 41.5 Å². The summed E-state index contributed by atoms with van der Waals surface area (Å²) in [5.41, 5.74) is 8.76. The van der Waals surface area contributed by atoms with Gasteiger partial charge in [0.2, 0.25) is 0 Å². The molecule has 3 N–H and O–H groups in total. The van der Waals surface area contributed by atoms with Crippen LogP contribution in [0, 0.1) is 18.5 Å². The number of halogens is 2. The number of benzene rings is 1. The number of hydrogen-bond donors (Lipinski definition) is 2. The molecule has 1 heterocycles. The third kappa shape index (κ3) is 4.16. The molecule has 0 radical (unpaired) electrons. The largest absolute Gasteiger partial charge is 0.365 e. The minimum atomic E-state index is -0.492. The van der Waals surface area contributed by atoms with Gasteiger partial charge in [-0.25, -0.2) is 0 Å². The maximum absolute atomic E-state index is 11.7. The van der Waals surface area contributed by atoms with Crippen LogP contribution in [-0.2, 0) is 13.2 Å². The zero-order chi connectivity index (χ0) is 18.0. The maximum Gasteiger partial charge on any atom is 0.251 e. The van der Waals surface area contributed by atoms with Crippen molar-refractivity contribution >= 4 is 41.3 Å². The summed E-state index contributed by atoms with van der Waals surface area (Å²) in [6.07, 6.45) is 0. The van der Waals surface area contributed by atoms with Crippen LogP contribution in [0.1, 0.15) is 27.2 Å². The number of nitrogens with two attached hydrogens (primary N) is 1. The van der Waals surface area contributed by atoms with Crippen LogP contribution < -0.4 is 10.6 Å². The number of rotatable bonds is 5. The first-order valence-corrected chi connectivity index (χ1v) is 8.63. The van der Waals surface area contributed by atoms with Crippen molar-refractivity contribution in [3.8, 4) is 0 Å². The van der Waals surface area contributed by atoms with Crippen LogP contribution >= 0.6 is 35.4 Å². The van der Waals surface area contributed by atoms with E-state index in [0.29, 0.717) is 26.9 Å². The van der Waals surface area contributed by atoms with Crippen molar-refractivity contribution in [2.75, 3.05) is 7.05 Å². The van der Waals surface area contributed by atoms with E-state index in [1.165, 1.54) is 4.90 Å². The van der Waals surface area contributed by atoms with Crippen molar-refractivity contribution in [1.29, 1.82) is 0 Å². The van der Waals surface area contributed by atoms with Crippen molar-refractivity contribution in [1.82, 2.24) is 4.57 Å². The topological polar surface area (TPSA) is 52.5 Å². The van der Waals surface area contributed by atoms with E-state index >= 15 is 0 Å². The molecule has 0 aliphatic carbocycles. The monoisotopic (exact) mass is 384 g/mol. The molecular formula is C17H20Cl2N3OS+. The lowest BCUT2D eigenvalue weighted by Gasteiger charge is -2.20. The number of primary amides is 1. The highest BCUT2D eigenvalue weighted by atomic mass is 35.5. The van der Waals surface area contributed by atoms with Crippen LogP contribution in [0.25, 0.3) is 0 Å². The number of amides is 1. The smallest absolute Gasteiger partial charge is 0.251 e. The molecule has 0 bridgehead atoms. The lowest BCUT2D eigenvalue weighted by atomic mass is 10.1. The number of aryl methyl sites for hydroxylation is 2. The Morgan fingerprint density at radius 2 is 1.92 bits per heavy atom. The maximum atomic E-state index is 11.7.